The second kappa shape index (κ2) is 7.40. The number of sulfonamides is 1. The summed E-state index contributed by atoms with van der Waals surface area (Å²) < 4.78 is 29.4. The zero-order valence-electron chi connectivity index (χ0n) is 13.9. The number of nitrogens with one attached hydrogen (secondary N) is 1. The molecule has 3 rings (SSSR count). The summed E-state index contributed by atoms with van der Waals surface area (Å²) in [7, 11) is -4.10. The Labute approximate surface area is 151 Å². The number of primary sulfonamides is 1. The molecule has 0 bridgehead atoms. The van der Waals surface area contributed by atoms with Gasteiger partial charge in [-0.1, -0.05) is 30.3 Å². The molecule has 0 spiro atoms. The number of ether oxygens (including phenoxy) is 1. The Morgan fingerprint density at radius 1 is 1.23 bits per heavy atom. The summed E-state index contributed by atoms with van der Waals surface area (Å²) in [5, 5.41) is 19.2. The topological polar surface area (TPSA) is 125 Å². The summed E-state index contributed by atoms with van der Waals surface area (Å²) in [6.07, 6.45) is 0.740. The molecule has 2 atom stereocenters. The van der Waals surface area contributed by atoms with E-state index in [0.717, 1.165) is 18.1 Å². The van der Waals surface area contributed by atoms with Gasteiger partial charge in [-0.05, 0) is 18.1 Å². The van der Waals surface area contributed by atoms with E-state index in [1.165, 1.54) is 12.1 Å². The molecule has 0 aliphatic carbocycles. The molecule has 2 aromatic rings. The van der Waals surface area contributed by atoms with Gasteiger partial charge in [-0.25, -0.2) is 13.6 Å². The molecule has 0 saturated carbocycles. The zero-order chi connectivity index (χ0) is 18.7. The SMILES string of the molecule is NS(=O)(=O)c1cc([N+](=O)[O-])ccc1NCC1CCOC1c1ccccc1. The molecule has 1 heterocycles. The van der Waals surface area contributed by atoms with Crippen molar-refractivity contribution in [2.45, 2.75) is 17.4 Å². The van der Waals surface area contributed by atoms with Crippen LogP contribution in [0.15, 0.2) is 53.4 Å². The van der Waals surface area contributed by atoms with Gasteiger partial charge >= 0.3 is 0 Å². The number of nitrogens with zero attached hydrogens (tertiary/aromatic N) is 1. The minimum Gasteiger partial charge on any atom is -0.384 e. The minimum atomic E-state index is -4.10. The van der Waals surface area contributed by atoms with Crippen LogP contribution >= 0.6 is 0 Å². The van der Waals surface area contributed by atoms with Crippen LogP contribution in [0.2, 0.25) is 0 Å². The quantitative estimate of drug-likeness (QED) is 0.588. The molecule has 2 unspecified atom stereocenters. The highest BCUT2D eigenvalue weighted by Crippen LogP contribution is 2.35. The molecule has 138 valence electrons. The Hall–Kier alpha value is -2.49. The van der Waals surface area contributed by atoms with Gasteiger partial charge in [0, 0.05) is 31.2 Å². The van der Waals surface area contributed by atoms with Gasteiger partial charge in [-0.15, -0.1) is 0 Å². The first kappa shape index (κ1) is 18.3. The smallest absolute Gasteiger partial charge is 0.270 e. The van der Waals surface area contributed by atoms with Crippen LogP contribution in [-0.4, -0.2) is 26.5 Å². The summed E-state index contributed by atoms with van der Waals surface area (Å²) in [4.78, 5) is 9.94. The summed E-state index contributed by atoms with van der Waals surface area (Å²) in [6.45, 7) is 1.08. The average Bonchev–Trinajstić information content (AvgIpc) is 3.08. The fourth-order valence-corrected chi connectivity index (χ4v) is 3.83. The van der Waals surface area contributed by atoms with Gasteiger partial charge in [0.05, 0.1) is 16.7 Å². The first-order valence-electron chi connectivity index (χ1n) is 8.08. The summed E-state index contributed by atoms with van der Waals surface area (Å²) in [6, 6.07) is 13.4. The Kier molecular flexibility index (Phi) is 5.21. The number of nitrogens with two attached hydrogens (primary N) is 1. The highest BCUT2D eigenvalue weighted by Gasteiger charge is 2.30. The maximum absolute atomic E-state index is 11.8. The third-order valence-electron chi connectivity index (χ3n) is 4.38. The van der Waals surface area contributed by atoms with Gasteiger partial charge in [0.2, 0.25) is 10.0 Å². The molecule has 1 saturated heterocycles. The maximum atomic E-state index is 11.8. The highest BCUT2D eigenvalue weighted by atomic mass is 32.2. The van der Waals surface area contributed by atoms with Gasteiger partial charge in [-0.3, -0.25) is 10.1 Å². The number of anilines is 1. The van der Waals surface area contributed by atoms with E-state index in [0.29, 0.717) is 13.2 Å². The van der Waals surface area contributed by atoms with Crippen LogP contribution in [0.1, 0.15) is 18.1 Å². The fraction of sp³-hybridized carbons (Fsp3) is 0.294. The number of non-ortho nitro benzene ring substituents is 1. The number of benzene rings is 2. The van der Waals surface area contributed by atoms with Gasteiger partial charge < -0.3 is 10.1 Å². The van der Waals surface area contributed by atoms with Crippen LogP contribution in [0.25, 0.3) is 0 Å². The fourth-order valence-electron chi connectivity index (χ4n) is 3.10. The molecular weight excluding hydrogens is 358 g/mol. The second-order valence-electron chi connectivity index (χ2n) is 6.11. The van der Waals surface area contributed by atoms with Crippen molar-refractivity contribution in [1.82, 2.24) is 0 Å². The molecule has 0 radical (unpaired) electrons. The highest BCUT2D eigenvalue weighted by molar-refractivity contribution is 7.89. The molecule has 8 nitrogen and oxygen atoms in total. The monoisotopic (exact) mass is 377 g/mol. The van der Waals surface area contributed by atoms with Gasteiger partial charge in [0.25, 0.3) is 5.69 Å². The van der Waals surface area contributed by atoms with Crippen molar-refractivity contribution in [2.24, 2.45) is 11.1 Å². The molecule has 1 aliphatic rings. The Bertz CT molecular complexity index is 902. The summed E-state index contributed by atoms with van der Waals surface area (Å²) >= 11 is 0. The summed E-state index contributed by atoms with van der Waals surface area (Å²) in [5.41, 5.74) is 0.981. The van der Waals surface area contributed by atoms with Crippen molar-refractivity contribution in [3.05, 3.63) is 64.2 Å². The molecule has 0 aromatic heterocycles. The number of nitro groups is 1. The van der Waals surface area contributed by atoms with E-state index in [2.05, 4.69) is 5.32 Å². The van der Waals surface area contributed by atoms with Crippen LogP contribution in [0.4, 0.5) is 11.4 Å². The number of hydrogen-bond donors (Lipinski definition) is 2. The van der Waals surface area contributed by atoms with Crippen molar-refractivity contribution >= 4 is 21.4 Å². The van der Waals surface area contributed by atoms with E-state index in [9.17, 15) is 18.5 Å². The maximum Gasteiger partial charge on any atom is 0.270 e. The van der Waals surface area contributed by atoms with E-state index in [4.69, 9.17) is 9.88 Å². The predicted octanol–water partition coefficient (Wildman–Crippen LogP) is 2.43. The van der Waals surface area contributed by atoms with Crippen LogP contribution in [-0.2, 0) is 14.8 Å². The second-order valence-corrected chi connectivity index (χ2v) is 7.64. The standard InChI is InChI=1S/C17H19N3O5S/c18-26(23,24)16-10-14(20(21)22)6-7-15(16)19-11-13-8-9-25-17(13)12-4-2-1-3-5-12/h1-7,10,13,17,19H,8-9,11H2,(H2,18,23,24). The minimum absolute atomic E-state index is 0.0836. The zero-order valence-corrected chi connectivity index (χ0v) is 14.7. The predicted molar refractivity (Wildman–Crippen MR) is 96.2 cm³/mol. The molecule has 3 N–H and O–H groups in total. The normalized spacial score (nSPS) is 20.0. The first-order valence-corrected chi connectivity index (χ1v) is 9.62. The summed E-state index contributed by atoms with van der Waals surface area (Å²) in [5.74, 6) is 0.140. The van der Waals surface area contributed by atoms with Crippen molar-refractivity contribution in [3.8, 4) is 0 Å². The van der Waals surface area contributed by atoms with E-state index in [-0.39, 0.29) is 28.3 Å². The van der Waals surface area contributed by atoms with Crippen molar-refractivity contribution in [2.75, 3.05) is 18.5 Å². The largest absolute Gasteiger partial charge is 0.384 e. The number of nitro benzene ring substituents is 1. The molecule has 1 aliphatic heterocycles. The lowest BCUT2D eigenvalue weighted by Crippen LogP contribution is -2.20. The van der Waals surface area contributed by atoms with Crippen LogP contribution < -0.4 is 10.5 Å². The molecule has 9 heteroatoms. The Morgan fingerprint density at radius 2 is 1.96 bits per heavy atom. The van der Waals surface area contributed by atoms with E-state index < -0.39 is 14.9 Å². The Balaban J connectivity index is 1.80. The lowest BCUT2D eigenvalue weighted by molar-refractivity contribution is -0.385. The van der Waals surface area contributed by atoms with E-state index in [1.807, 2.05) is 30.3 Å². The molecule has 0 amide bonds. The van der Waals surface area contributed by atoms with Crippen molar-refractivity contribution < 1.29 is 18.1 Å². The van der Waals surface area contributed by atoms with Crippen LogP contribution in [0.3, 0.4) is 0 Å². The van der Waals surface area contributed by atoms with E-state index >= 15 is 0 Å². The van der Waals surface area contributed by atoms with Gasteiger partial charge in [0.15, 0.2) is 0 Å². The van der Waals surface area contributed by atoms with Gasteiger partial charge in [-0.2, -0.15) is 0 Å². The molecule has 26 heavy (non-hydrogen) atoms. The van der Waals surface area contributed by atoms with Crippen LogP contribution in [0, 0.1) is 16.0 Å². The van der Waals surface area contributed by atoms with Crippen LogP contribution in [0.5, 0.6) is 0 Å². The van der Waals surface area contributed by atoms with E-state index in [1.54, 1.807) is 0 Å². The lowest BCUT2D eigenvalue weighted by atomic mass is 9.95. The van der Waals surface area contributed by atoms with Crippen molar-refractivity contribution in [3.63, 3.8) is 0 Å². The third kappa shape index (κ3) is 4.01. The molecule has 2 aromatic carbocycles. The average molecular weight is 377 g/mol. The number of rotatable bonds is 6. The lowest BCUT2D eigenvalue weighted by Gasteiger charge is -2.20. The van der Waals surface area contributed by atoms with Gasteiger partial charge in [0.1, 0.15) is 4.90 Å². The third-order valence-corrected chi connectivity index (χ3v) is 5.33. The van der Waals surface area contributed by atoms with Crippen molar-refractivity contribution in [1.29, 1.82) is 0 Å². The molecule has 1 fully saturated rings. The Morgan fingerprint density at radius 3 is 2.62 bits per heavy atom. The molecular formula is C17H19N3O5S. The first-order chi connectivity index (χ1) is 12.4. The number of hydrogen-bond acceptors (Lipinski definition) is 6.